The standard InChI is InChI=1S/C8H15NO3S/c1-4-11-7(10)6(5(2)3)12-8(9)13/h5-6H,4H2,1-3H3,(H2,9,13). The van der Waals surface area contributed by atoms with Crippen molar-refractivity contribution >= 4 is 23.4 Å². The highest BCUT2D eigenvalue weighted by Crippen LogP contribution is 2.08. The molecule has 0 bridgehead atoms. The third-order valence-corrected chi connectivity index (χ3v) is 1.46. The minimum Gasteiger partial charge on any atom is -0.463 e. The van der Waals surface area contributed by atoms with E-state index in [2.05, 4.69) is 12.2 Å². The Bertz CT molecular complexity index is 194. The largest absolute Gasteiger partial charge is 0.463 e. The SMILES string of the molecule is CCOC(=O)C(OC(N)=S)C(C)C. The normalized spacial score (nSPS) is 12.3. The van der Waals surface area contributed by atoms with Gasteiger partial charge in [-0.3, -0.25) is 0 Å². The minimum atomic E-state index is -0.697. The first-order valence-electron chi connectivity index (χ1n) is 4.11. The summed E-state index contributed by atoms with van der Waals surface area (Å²) in [5.41, 5.74) is 5.17. The van der Waals surface area contributed by atoms with Gasteiger partial charge in [-0.2, -0.15) is 0 Å². The van der Waals surface area contributed by atoms with Gasteiger partial charge in [-0.1, -0.05) is 13.8 Å². The van der Waals surface area contributed by atoms with Crippen molar-refractivity contribution < 1.29 is 14.3 Å². The van der Waals surface area contributed by atoms with Crippen LogP contribution in [0.25, 0.3) is 0 Å². The van der Waals surface area contributed by atoms with Gasteiger partial charge in [-0.25, -0.2) is 4.79 Å². The zero-order valence-electron chi connectivity index (χ0n) is 8.07. The maximum Gasteiger partial charge on any atom is 0.347 e. The van der Waals surface area contributed by atoms with Crippen molar-refractivity contribution in [1.29, 1.82) is 0 Å². The van der Waals surface area contributed by atoms with Gasteiger partial charge < -0.3 is 15.2 Å². The number of hydrogen-bond donors (Lipinski definition) is 1. The molecule has 0 aromatic heterocycles. The highest BCUT2D eigenvalue weighted by atomic mass is 32.1. The van der Waals surface area contributed by atoms with Gasteiger partial charge in [0.05, 0.1) is 6.61 Å². The molecular weight excluding hydrogens is 190 g/mol. The van der Waals surface area contributed by atoms with E-state index < -0.39 is 12.1 Å². The van der Waals surface area contributed by atoms with E-state index in [4.69, 9.17) is 15.2 Å². The Kier molecular flexibility index (Phi) is 5.37. The molecule has 0 aromatic rings. The summed E-state index contributed by atoms with van der Waals surface area (Å²) < 4.78 is 9.75. The molecule has 0 saturated carbocycles. The molecule has 0 spiro atoms. The summed E-state index contributed by atoms with van der Waals surface area (Å²) in [6.45, 7) is 5.72. The summed E-state index contributed by atoms with van der Waals surface area (Å²) in [7, 11) is 0. The summed E-state index contributed by atoms with van der Waals surface area (Å²) in [6.07, 6.45) is -0.697. The monoisotopic (exact) mass is 205 g/mol. The lowest BCUT2D eigenvalue weighted by atomic mass is 10.1. The Morgan fingerprint density at radius 2 is 2.08 bits per heavy atom. The molecule has 0 rings (SSSR count). The van der Waals surface area contributed by atoms with Crippen LogP contribution in [0.15, 0.2) is 0 Å². The summed E-state index contributed by atoms with van der Waals surface area (Å²) in [5, 5.41) is -0.133. The molecule has 0 fully saturated rings. The maximum absolute atomic E-state index is 11.3. The number of hydrogen-bond acceptors (Lipinski definition) is 4. The lowest BCUT2D eigenvalue weighted by Crippen LogP contribution is -2.35. The second-order valence-electron chi connectivity index (χ2n) is 2.85. The van der Waals surface area contributed by atoms with Crippen LogP contribution >= 0.6 is 12.2 Å². The van der Waals surface area contributed by atoms with E-state index in [0.717, 1.165) is 0 Å². The Balaban J connectivity index is 4.24. The smallest absolute Gasteiger partial charge is 0.347 e. The van der Waals surface area contributed by atoms with E-state index in [1.807, 2.05) is 13.8 Å². The maximum atomic E-state index is 11.3. The van der Waals surface area contributed by atoms with Crippen LogP contribution in [-0.4, -0.2) is 23.9 Å². The van der Waals surface area contributed by atoms with Crippen molar-refractivity contribution in [3.05, 3.63) is 0 Å². The van der Waals surface area contributed by atoms with Crippen molar-refractivity contribution in [2.24, 2.45) is 11.7 Å². The summed E-state index contributed by atoms with van der Waals surface area (Å²) in [6, 6.07) is 0. The van der Waals surface area contributed by atoms with Crippen LogP contribution in [0.4, 0.5) is 0 Å². The van der Waals surface area contributed by atoms with Gasteiger partial charge in [0.15, 0.2) is 0 Å². The minimum absolute atomic E-state index is 0.0134. The fourth-order valence-electron chi connectivity index (χ4n) is 0.806. The molecule has 1 atom stereocenters. The second kappa shape index (κ2) is 5.75. The molecule has 0 amide bonds. The van der Waals surface area contributed by atoms with Crippen molar-refractivity contribution in [1.82, 2.24) is 0 Å². The molecule has 0 aliphatic rings. The number of ether oxygens (including phenoxy) is 2. The summed E-state index contributed by atoms with van der Waals surface area (Å²) >= 11 is 4.54. The van der Waals surface area contributed by atoms with Crippen LogP contribution < -0.4 is 5.73 Å². The fourth-order valence-corrected chi connectivity index (χ4v) is 0.910. The van der Waals surface area contributed by atoms with Crippen LogP contribution in [0.3, 0.4) is 0 Å². The molecule has 0 aromatic carbocycles. The Labute approximate surface area is 83.4 Å². The molecule has 2 N–H and O–H groups in total. The molecule has 0 aliphatic carbocycles. The van der Waals surface area contributed by atoms with Crippen LogP contribution in [0.2, 0.25) is 0 Å². The van der Waals surface area contributed by atoms with E-state index in [1.165, 1.54) is 0 Å². The van der Waals surface area contributed by atoms with Gasteiger partial charge in [0.2, 0.25) is 6.10 Å². The molecular formula is C8H15NO3S. The van der Waals surface area contributed by atoms with Crippen molar-refractivity contribution in [3.63, 3.8) is 0 Å². The third kappa shape index (κ3) is 4.67. The van der Waals surface area contributed by atoms with Gasteiger partial charge in [0.25, 0.3) is 5.17 Å². The second-order valence-corrected chi connectivity index (χ2v) is 3.26. The average molecular weight is 205 g/mol. The molecule has 0 radical (unpaired) electrons. The first-order valence-corrected chi connectivity index (χ1v) is 4.52. The van der Waals surface area contributed by atoms with Crippen molar-refractivity contribution in [2.75, 3.05) is 6.61 Å². The quantitative estimate of drug-likeness (QED) is 0.544. The Hall–Kier alpha value is -0.840. The number of carbonyl (C=O) groups is 1. The third-order valence-electron chi connectivity index (χ3n) is 1.37. The first-order chi connectivity index (χ1) is 5.99. The number of carbonyl (C=O) groups excluding carboxylic acids is 1. The van der Waals surface area contributed by atoms with Gasteiger partial charge in [-0.05, 0) is 19.1 Å². The lowest BCUT2D eigenvalue weighted by molar-refractivity contribution is -0.154. The van der Waals surface area contributed by atoms with Crippen molar-refractivity contribution in [3.8, 4) is 0 Å². The highest BCUT2D eigenvalue weighted by molar-refractivity contribution is 7.80. The van der Waals surface area contributed by atoms with Crippen LogP contribution in [0.5, 0.6) is 0 Å². The van der Waals surface area contributed by atoms with Gasteiger partial charge in [-0.15, -0.1) is 0 Å². The van der Waals surface area contributed by atoms with E-state index in [1.54, 1.807) is 6.92 Å². The predicted octanol–water partition coefficient (Wildman–Crippen LogP) is 0.834. The topological polar surface area (TPSA) is 61.5 Å². The summed E-state index contributed by atoms with van der Waals surface area (Å²) in [4.78, 5) is 11.3. The van der Waals surface area contributed by atoms with E-state index in [-0.39, 0.29) is 11.1 Å². The molecule has 4 nitrogen and oxygen atoms in total. The van der Waals surface area contributed by atoms with Gasteiger partial charge in [0, 0.05) is 5.92 Å². The number of esters is 1. The predicted molar refractivity (Wildman–Crippen MR) is 53.1 cm³/mol. The number of rotatable bonds is 4. The molecule has 76 valence electrons. The Morgan fingerprint density at radius 1 is 1.54 bits per heavy atom. The molecule has 13 heavy (non-hydrogen) atoms. The number of nitrogens with two attached hydrogens (primary N) is 1. The van der Waals surface area contributed by atoms with Gasteiger partial charge >= 0.3 is 5.97 Å². The van der Waals surface area contributed by atoms with Crippen LogP contribution in [0, 0.1) is 5.92 Å². The van der Waals surface area contributed by atoms with Gasteiger partial charge in [0.1, 0.15) is 0 Å². The average Bonchev–Trinajstić information content (AvgIpc) is 1.99. The summed E-state index contributed by atoms with van der Waals surface area (Å²) in [5.74, 6) is -0.439. The van der Waals surface area contributed by atoms with Crippen LogP contribution in [0.1, 0.15) is 20.8 Å². The molecule has 5 heteroatoms. The number of thiocarbonyl (C=S) groups is 1. The fraction of sp³-hybridized carbons (Fsp3) is 0.750. The van der Waals surface area contributed by atoms with E-state index in [9.17, 15) is 4.79 Å². The molecule has 0 aliphatic heterocycles. The zero-order chi connectivity index (χ0) is 10.4. The highest BCUT2D eigenvalue weighted by Gasteiger charge is 2.25. The molecule has 0 heterocycles. The molecule has 1 unspecified atom stereocenters. The van der Waals surface area contributed by atoms with Crippen LogP contribution in [-0.2, 0) is 14.3 Å². The first kappa shape index (κ1) is 12.2. The van der Waals surface area contributed by atoms with E-state index in [0.29, 0.717) is 6.61 Å². The molecule has 0 saturated heterocycles. The Morgan fingerprint density at radius 3 is 2.38 bits per heavy atom. The van der Waals surface area contributed by atoms with E-state index >= 15 is 0 Å². The lowest BCUT2D eigenvalue weighted by Gasteiger charge is -2.19. The van der Waals surface area contributed by atoms with Crippen molar-refractivity contribution in [2.45, 2.75) is 26.9 Å². The zero-order valence-corrected chi connectivity index (χ0v) is 8.89.